The number of hydrogen-bond acceptors (Lipinski definition) is 5. The van der Waals surface area contributed by atoms with Crippen LogP contribution in [0.5, 0.6) is 0 Å². The van der Waals surface area contributed by atoms with Crippen LogP contribution in [0.15, 0.2) is 43.0 Å². The quantitative estimate of drug-likeness (QED) is 0.826. The third kappa shape index (κ3) is 4.05. The second-order valence-electron chi connectivity index (χ2n) is 4.92. The van der Waals surface area contributed by atoms with Crippen LogP contribution in [0.25, 0.3) is 0 Å². The van der Waals surface area contributed by atoms with E-state index in [4.69, 9.17) is 4.74 Å². The molecule has 8 heteroatoms. The first-order valence-electron chi connectivity index (χ1n) is 6.54. The summed E-state index contributed by atoms with van der Waals surface area (Å²) in [5.74, 6) is -1.19. The molecule has 0 aliphatic heterocycles. The van der Waals surface area contributed by atoms with Gasteiger partial charge in [-0.1, -0.05) is 30.3 Å². The molecule has 0 spiro atoms. The minimum Gasteiger partial charge on any atom is -0.479 e. The fourth-order valence-corrected chi connectivity index (χ4v) is 1.78. The number of rotatable bonds is 6. The molecule has 2 rings (SSSR count). The van der Waals surface area contributed by atoms with Crippen LogP contribution in [0, 0.1) is 0 Å². The first-order chi connectivity index (χ1) is 10.5. The van der Waals surface area contributed by atoms with E-state index in [0.29, 0.717) is 0 Å². The minimum atomic E-state index is -1.55. The molecular weight excluding hydrogens is 288 g/mol. The number of carboxylic acids is 1. The number of hydrogen-bond donors (Lipinski definition) is 2. The van der Waals surface area contributed by atoms with Gasteiger partial charge in [0.25, 0.3) is 0 Å². The highest BCUT2D eigenvalue weighted by Gasteiger charge is 2.36. The molecule has 8 nitrogen and oxygen atoms in total. The summed E-state index contributed by atoms with van der Waals surface area (Å²) < 4.78 is 6.36. The second-order valence-corrected chi connectivity index (χ2v) is 4.92. The molecule has 1 unspecified atom stereocenters. The smallest absolute Gasteiger partial charge is 0.408 e. The number of carbonyl (C=O) groups excluding carboxylic acids is 1. The molecule has 2 N–H and O–H groups in total. The van der Waals surface area contributed by atoms with Crippen LogP contribution < -0.4 is 5.32 Å². The maximum atomic E-state index is 11.8. The third-order valence-corrected chi connectivity index (χ3v) is 3.01. The van der Waals surface area contributed by atoms with Gasteiger partial charge in [0, 0.05) is 0 Å². The Morgan fingerprint density at radius 1 is 1.36 bits per heavy atom. The summed E-state index contributed by atoms with van der Waals surface area (Å²) in [5.41, 5.74) is -0.743. The molecule has 22 heavy (non-hydrogen) atoms. The monoisotopic (exact) mass is 304 g/mol. The average molecular weight is 304 g/mol. The van der Waals surface area contributed by atoms with Crippen molar-refractivity contribution in [3.05, 3.63) is 48.5 Å². The van der Waals surface area contributed by atoms with Gasteiger partial charge in [0.1, 0.15) is 19.3 Å². The van der Waals surface area contributed by atoms with Crippen molar-refractivity contribution in [3.63, 3.8) is 0 Å². The number of nitrogens with one attached hydrogen (secondary N) is 1. The van der Waals surface area contributed by atoms with Crippen molar-refractivity contribution in [1.29, 1.82) is 0 Å². The lowest BCUT2D eigenvalue weighted by molar-refractivity contribution is -0.144. The number of amides is 1. The van der Waals surface area contributed by atoms with Gasteiger partial charge in [-0.15, -0.1) is 0 Å². The Hall–Kier alpha value is -2.90. The Bertz CT molecular complexity index is 630. The molecule has 1 aromatic heterocycles. The van der Waals surface area contributed by atoms with E-state index in [-0.39, 0.29) is 13.2 Å². The van der Waals surface area contributed by atoms with Crippen LogP contribution in [0.4, 0.5) is 4.79 Å². The average Bonchev–Trinajstić information content (AvgIpc) is 2.98. The van der Waals surface area contributed by atoms with E-state index in [1.54, 1.807) is 12.1 Å². The van der Waals surface area contributed by atoms with Gasteiger partial charge in [0.2, 0.25) is 0 Å². The van der Waals surface area contributed by atoms with E-state index in [1.807, 2.05) is 18.2 Å². The van der Waals surface area contributed by atoms with E-state index < -0.39 is 17.6 Å². The van der Waals surface area contributed by atoms with Crippen LogP contribution >= 0.6 is 0 Å². The van der Waals surface area contributed by atoms with Crippen LogP contribution in [0.3, 0.4) is 0 Å². The number of benzene rings is 1. The summed E-state index contributed by atoms with van der Waals surface area (Å²) in [6.45, 7) is 1.37. The molecule has 0 bridgehead atoms. The molecule has 116 valence electrons. The Kier molecular flexibility index (Phi) is 4.72. The highest BCUT2D eigenvalue weighted by atomic mass is 16.5. The molecule has 0 aliphatic rings. The van der Waals surface area contributed by atoms with E-state index >= 15 is 0 Å². The van der Waals surface area contributed by atoms with Crippen molar-refractivity contribution in [2.75, 3.05) is 0 Å². The van der Waals surface area contributed by atoms with E-state index in [1.165, 1.54) is 24.3 Å². The molecule has 0 saturated carbocycles. The van der Waals surface area contributed by atoms with Gasteiger partial charge < -0.3 is 15.2 Å². The summed E-state index contributed by atoms with van der Waals surface area (Å²) >= 11 is 0. The SMILES string of the molecule is CC(Cn1cncn1)(NC(=O)OCc1ccccc1)C(=O)O. The van der Waals surface area contributed by atoms with E-state index in [0.717, 1.165) is 5.56 Å². The summed E-state index contributed by atoms with van der Waals surface area (Å²) in [7, 11) is 0. The second kappa shape index (κ2) is 6.70. The van der Waals surface area contributed by atoms with Gasteiger partial charge in [-0.25, -0.2) is 14.6 Å². The minimum absolute atomic E-state index is 0.0612. The zero-order chi connectivity index (χ0) is 16.0. The van der Waals surface area contributed by atoms with E-state index in [2.05, 4.69) is 15.4 Å². The number of ether oxygens (including phenoxy) is 1. The van der Waals surface area contributed by atoms with Crippen molar-refractivity contribution in [2.24, 2.45) is 0 Å². The predicted octanol–water partition coefficient (Wildman–Crippen LogP) is 1.05. The normalized spacial score (nSPS) is 13.1. The van der Waals surface area contributed by atoms with Crippen LogP contribution in [-0.4, -0.2) is 37.5 Å². The summed E-state index contributed by atoms with van der Waals surface area (Å²) in [6, 6.07) is 9.10. The van der Waals surface area contributed by atoms with Gasteiger partial charge in [0.05, 0.1) is 6.54 Å². The standard InChI is InChI=1S/C14H16N4O4/c1-14(12(19)20,8-18-10-15-9-16-18)17-13(21)22-7-11-5-3-2-4-6-11/h2-6,9-10H,7-8H2,1H3,(H,17,21)(H,19,20). The lowest BCUT2D eigenvalue weighted by atomic mass is 10.0. The summed E-state index contributed by atoms with van der Waals surface area (Å²) in [5, 5.41) is 15.5. The first kappa shape index (κ1) is 15.5. The molecular formula is C14H16N4O4. The predicted molar refractivity (Wildman–Crippen MR) is 75.8 cm³/mol. The molecule has 0 saturated heterocycles. The highest BCUT2D eigenvalue weighted by Crippen LogP contribution is 2.09. The number of alkyl carbamates (subject to hydrolysis) is 1. The fourth-order valence-electron chi connectivity index (χ4n) is 1.78. The number of aliphatic carboxylic acids is 1. The molecule has 1 aromatic carbocycles. The molecule has 1 amide bonds. The molecule has 1 heterocycles. The Morgan fingerprint density at radius 2 is 2.09 bits per heavy atom. The van der Waals surface area contributed by atoms with Crippen molar-refractivity contribution in [2.45, 2.75) is 25.6 Å². The van der Waals surface area contributed by atoms with Crippen molar-refractivity contribution < 1.29 is 19.4 Å². The number of nitrogens with zero attached hydrogens (tertiary/aromatic N) is 3. The fraction of sp³-hybridized carbons (Fsp3) is 0.286. The number of aromatic nitrogens is 3. The van der Waals surface area contributed by atoms with E-state index in [9.17, 15) is 14.7 Å². The Labute approximate surface area is 126 Å². The maximum Gasteiger partial charge on any atom is 0.408 e. The first-order valence-corrected chi connectivity index (χ1v) is 6.54. The molecule has 0 aliphatic carbocycles. The molecule has 1 atom stereocenters. The van der Waals surface area contributed by atoms with Crippen molar-refractivity contribution in [1.82, 2.24) is 20.1 Å². The Morgan fingerprint density at radius 3 is 2.68 bits per heavy atom. The topological polar surface area (TPSA) is 106 Å². The van der Waals surface area contributed by atoms with Crippen molar-refractivity contribution >= 4 is 12.1 Å². The van der Waals surface area contributed by atoms with Gasteiger partial charge in [-0.2, -0.15) is 5.10 Å². The van der Waals surface area contributed by atoms with Gasteiger partial charge >= 0.3 is 12.1 Å². The van der Waals surface area contributed by atoms with Gasteiger partial charge in [-0.05, 0) is 12.5 Å². The zero-order valence-electron chi connectivity index (χ0n) is 12.0. The lowest BCUT2D eigenvalue weighted by Crippen LogP contribution is -2.55. The summed E-state index contributed by atoms with van der Waals surface area (Å²) in [4.78, 5) is 27.0. The number of carboxylic acid groups (broad SMARTS) is 1. The van der Waals surface area contributed by atoms with Crippen LogP contribution in [0.2, 0.25) is 0 Å². The van der Waals surface area contributed by atoms with Crippen LogP contribution in [0.1, 0.15) is 12.5 Å². The zero-order valence-corrected chi connectivity index (χ0v) is 12.0. The molecule has 0 radical (unpaired) electrons. The Balaban J connectivity index is 1.95. The number of carbonyl (C=O) groups is 2. The lowest BCUT2D eigenvalue weighted by Gasteiger charge is -2.25. The third-order valence-electron chi connectivity index (χ3n) is 3.01. The molecule has 2 aromatic rings. The maximum absolute atomic E-state index is 11.8. The summed E-state index contributed by atoms with van der Waals surface area (Å²) in [6.07, 6.45) is 1.85. The van der Waals surface area contributed by atoms with Crippen LogP contribution in [-0.2, 0) is 22.7 Å². The molecule has 0 fully saturated rings. The van der Waals surface area contributed by atoms with Gasteiger partial charge in [-0.3, -0.25) is 4.68 Å². The van der Waals surface area contributed by atoms with Gasteiger partial charge in [0.15, 0.2) is 5.54 Å². The highest BCUT2D eigenvalue weighted by molar-refractivity contribution is 5.83. The largest absolute Gasteiger partial charge is 0.479 e. The van der Waals surface area contributed by atoms with Crippen molar-refractivity contribution in [3.8, 4) is 0 Å².